The van der Waals surface area contributed by atoms with Crippen molar-refractivity contribution < 1.29 is 8.42 Å². The lowest BCUT2D eigenvalue weighted by atomic mass is 10.0. The van der Waals surface area contributed by atoms with Crippen molar-refractivity contribution in [2.45, 2.75) is 6.92 Å². The highest BCUT2D eigenvalue weighted by atomic mass is 32.2. The molecule has 4 heterocycles. The van der Waals surface area contributed by atoms with Crippen molar-refractivity contribution in [2.24, 2.45) is 0 Å². The maximum atomic E-state index is 11.6. The molecule has 3 aromatic heterocycles. The van der Waals surface area contributed by atoms with Crippen LogP contribution in [0.3, 0.4) is 0 Å². The molecule has 11 heteroatoms. The number of nitrogens with two attached hydrogens (primary N) is 1. The summed E-state index contributed by atoms with van der Waals surface area (Å²) in [5.74, 6) is 1.91. The summed E-state index contributed by atoms with van der Waals surface area (Å²) in [7, 11) is -2.95. The number of nitrogen functional groups attached to an aromatic ring is 1. The first kappa shape index (κ1) is 21.0. The average Bonchev–Trinajstić information content (AvgIpc) is 2.80. The minimum Gasteiger partial charge on any atom is -0.397 e. The Hall–Kier alpha value is -3.86. The van der Waals surface area contributed by atoms with Gasteiger partial charge in [0.2, 0.25) is 0 Å². The number of pyridine rings is 1. The number of aromatic nitrogens is 5. The fourth-order valence-corrected chi connectivity index (χ4v) is 5.00. The van der Waals surface area contributed by atoms with Crippen molar-refractivity contribution >= 4 is 43.9 Å². The fraction of sp³-hybridized carbons (Fsp3) is 0.227. The molecule has 10 nitrogen and oxygen atoms in total. The molecule has 5 rings (SSSR count). The second-order valence-corrected chi connectivity index (χ2v) is 10.3. The van der Waals surface area contributed by atoms with E-state index in [4.69, 9.17) is 5.73 Å². The fourth-order valence-electron chi connectivity index (χ4n) is 3.80. The van der Waals surface area contributed by atoms with Crippen molar-refractivity contribution in [3.05, 3.63) is 54.4 Å². The third-order valence-electron chi connectivity index (χ3n) is 5.64. The molecule has 0 aliphatic carbocycles. The Kier molecular flexibility index (Phi) is 5.25. The number of fused-ring (bicyclic) bond motifs is 1. The third kappa shape index (κ3) is 4.40. The lowest BCUT2D eigenvalue weighted by Gasteiger charge is -2.27. The second kappa shape index (κ2) is 8.24. The van der Waals surface area contributed by atoms with Crippen LogP contribution >= 0.6 is 0 Å². The lowest BCUT2D eigenvalue weighted by molar-refractivity contribution is 0.586. The Balaban J connectivity index is 1.38. The second-order valence-electron chi connectivity index (χ2n) is 7.96. The summed E-state index contributed by atoms with van der Waals surface area (Å²) in [6, 6.07) is 11.3. The number of benzene rings is 1. The summed E-state index contributed by atoms with van der Waals surface area (Å²) >= 11 is 0. The lowest BCUT2D eigenvalue weighted by Crippen LogP contribution is -2.40. The minimum absolute atomic E-state index is 0.130. The zero-order valence-corrected chi connectivity index (χ0v) is 18.7. The zero-order chi connectivity index (χ0) is 23.0. The molecule has 0 atom stereocenters. The zero-order valence-electron chi connectivity index (χ0n) is 17.9. The van der Waals surface area contributed by atoms with E-state index in [2.05, 4.69) is 30.7 Å². The molecule has 0 unspecified atom stereocenters. The topological polar surface area (TPSA) is 140 Å². The number of hydrogen-bond donors (Lipinski definition) is 2. The van der Waals surface area contributed by atoms with Crippen LogP contribution < -0.4 is 16.0 Å². The highest BCUT2D eigenvalue weighted by Crippen LogP contribution is 2.30. The van der Waals surface area contributed by atoms with Crippen LogP contribution in [0.2, 0.25) is 0 Å². The van der Waals surface area contributed by atoms with Crippen LogP contribution in [-0.2, 0) is 9.84 Å². The smallest absolute Gasteiger partial charge is 0.154 e. The number of rotatable bonds is 4. The van der Waals surface area contributed by atoms with Crippen molar-refractivity contribution in [3.63, 3.8) is 0 Å². The Labute approximate surface area is 190 Å². The van der Waals surface area contributed by atoms with Crippen LogP contribution in [0.25, 0.3) is 22.0 Å². The van der Waals surface area contributed by atoms with Gasteiger partial charge in [-0.15, -0.1) is 20.4 Å². The maximum Gasteiger partial charge on any atom is 0.154 e. The van der Waals surface area contributed by atoms with E-state index in [-0.39, 0.29) is 11.5 Å². The van der Waals surface area contributed by atoms with Gasteiger partial charge in [-0.05, 0) is 54.4 Å². The Morgan fingerprint density at radius 3 is 2.48 bits per heavy atom. The van der Waals surface area contributed by atoms with E-state index < -0.39 is 9.84 Å². The normalized spacial score (nSPS) is 15.5. The predicted octanol–water partition coefficient (Wildman–Crippen LogP) is 2.35. The standard InChI is InChI=1S/C22H22N8O2S/c1-14-4-5-24-13-17(14)15-10-16-12-20(27-29-22(16)18(23)11-15)25-19-2-3-21(28-26-19)30-6-8-33(31,32)9-7-30/h2-5,10-13H,6-9,23H2,1H3,(H,25,26,27). The van der Waals surface area contributed by atoms with Gasteiger partial charge in [-0.1, -0.05) is 0 Å². The van der Waals surface area contributed by atoms with Crippen LogP contribution in [0.1, 0.15) is 5.56 Å². The van der Waals surface area contributed by atoms with Crippen LogP contribution in [0.4, 0.5) is 23.1 Å². The summed E-state index contributed by atoms with van der Waals surface area (Å²) in [6.45, 7) is 2.86. The van der Waals surface area contributed by atoms with Gasteiger partial charge in [0.25, 0.3) is 0 Å². The first-order valence-corrected chi connectivity index (χ1v) is 12.2. The van der Waals surface area contributed by atoms with E-state index in [1.807, 2.05) is 48.4 Å². The minimum atomic E-state index is -2.95. The largest absolute Gasteiger partial charge is 0.397 e. The number of anilines is 4. The van der Waals surface area contributed by atoms with Crippen molar-refractivity contribution in [1.82, 2.24) is 25.4 Å². The number of nitrogens with zero attached hydrogens (tertiary/aromatic N) is 6. The molecule has 3 N–H and O–H groups in total. The van der Waals surface area contributed by atoms with Gasteiger partial charge in [0.1, 0.15) is 5.52 Å². The van der Waals surface area contributed by atoms with Crippen molar-refractivity contribution in [3.8, 4) is 11.1 Å². The molecule has 0 radical (unpaired) electrons. The van der Waals surface area contributed by atoms with Crippen LogP contribution in [0.15, 0.2) is 48.8 Å². The van der Waals surface area contributed by atoms with Gasteiger partial charge < -0.3 is 16.0 Å². The van der Waals surface area contributed by atoms with Crippen LogP contribution in [0, 0.1) is 6.92 Å². The Morgan fingerprint density at radius 1 is 0.970 bits per heavy atom. The molecule has 4 aromatic rings. The van der Waals surface area contributed by atoms with Crippen molar-refractivity contribution in [2.75, 3.05) is 40.5 Å². The number of nitrogens with one attached hydrogen (secondary N) is 1. The van der Waals surface area contributed by atoms with E-state index in [1.54, 1.807) is 12.3 Å². The molecule has 1 aliphatic rings. The van der Waals surface area contributed by atoms with Gasteiger partial charge in [-0.25, -0.2) is 8.42 Å². The number of sulfone groups is 1. The van der Waals surface area contributed by atoms with Gasteiger partial charge in [-0.2, -0.15) is 0 Å². The highest BCUT2D eigenvalue weighted by Gasteiger charge is 2.22. The Morgan fingerprint density at radius 2 is 1.76 bits per heavy atom. The summed E-state index contributed by atoms with van der Waals surface area (Å²) in [5, 5.41) is 20.9. The average molecular weight is 463 g/mol. The number of hydrogen-bond acceptors (Lipinski definition) is 10. The van der Waals surface area contributed by atoms with Gasteiger partial charge in [0, 0.05) is 36.4 Å². The molecule has 0 amide bonds. The van der Waals surface area contributed by atoms with Gasteiger partial charge in [0.15, 0.2) is 27.3 Å². The Bertz CT molecular complexity index is 1430. The quantitative estimate of drug-likeness (QED) is 0.434. The summed E-state index contributed by atoms with van der Waals surface area (Å²) in [6.07, 6.45) is 3.58. The highest BCUT2D eigenvalue weighted by molar-refractivity contribution is 7.91. The van der Waals surface area contributed by atoms with Crippen molar-refractivity contribution in [1.29, 1.82) is 0 Å². The summed E-state index contributed by atoms with van der Waals surface area (Å²) in [4.78, 5) is 6.14. The van der Waals surface area contributed by atoms with E-state index >= 15 is 0 Å². The van der Waals surface area contributed by atoms with E-state index in [1.165, 1.54) is 0 Å². The molecular weight excluding hydrogens is 440 g/mol. The molecule has 0 bridgehead atoms. The maximum absolute atomic E-state index is 11.6. The molecular formula is C22H22N8O2S. The van der Waals surface area contributed by atoms with Gasteiger partial charge >= 0.3 is 0 Å². The van der Waals surface area contributed by atoms with E-state index in [9.17, 15) is 8.42 Å². The summed E-state index contributed by atoms with van der Waals surface area (Å²) < 4.78 is 23.2. The molecule has 33 heavy (non-hydrogen) atoms. The van der Waals surface area contributed by atoms with Gasteiger partial charge in [-0.3, -0.25) is 4.98 Å². The SMILES string of the molecule is Cc1ccncc1-c1cc(N)c2nnc(Nc3ccc(N4CCS(=O)(=O)CC4)nn3)cc2c1. The predicted molar refractivity (Wildman–Crippen MR) is 128 cm³/mol. The monoisotopic (exact) mass is 462 g/mol. The molecule has 1 aliphatic heterocycles. The van der Waals surface area contributed by atoms with Crippen LogP contribution in [-0.4, -0.2) is 58.4 Å². The van der Waals surface area contributed by atoms with Gasteiger partial charge in [0.05, 0.1) is 17.2 Å². The first-order chi connectivity index (χ1) is 15.9. The number of aryl methyl sites for hydroxylation is 1. The van der Waals surface area contributed by atoms with Crippen LogP contribution in [0.5, 0.6) is 0 Å². The molecule has 0 saturated carbocycles. The summed E-state index contributed by atoms with van der Waals surface area (Å²) in [5.41, 5.74) is 10.5. The third-order valence-corrected chi connectivity index (χ3v) is 7.25. The molecule has 168 valence electrons. The first-order valence-electron chi connectivity index (χ1n) is 10.4. The molecule has 1 saturated heterocycles. The molecule has 1 aromatic carbocycles. The van der Waals surface area contributed by atoms with E-state index in [0.29, 0.717) is 41.7 Å². The molecule has 0 spiro atoms. The molecule has 1 fully saturated rings. The van der Waals surface area contributed by atoms with E-state index in [0.717, 1.165) is 22.1 Å².